The van der Waals surface area contributed by atoms with Crippen LogP contribution >= 0.6 is 0 Å². The summed E-state index contributed by atoms with van der Waals surface area (Å²) >= 11 is 0. The Bertz CT molecular complexity index is 1080. The first-order valence-corrected chi connectivity index (χ1v) is 9.55. The molecular formula is C23H25N3O4. The number of benzene rings is 2. The van der Waals surface area contributed by atoms with Crippen LogP contribution in [0.15, 0.2) is 82.9 Å². The number of ether oxygens (including phenoxy) is 1. The van der Waals surface area contributed by atoms with E-state index in [0.717, 1.165) is 15.7 Å². The molecule has 0 aliphatic heterocycles. The zero-order valence-corrected chi connectivity index (χ0v) is 16.8. The summed E-state index contributed by atoms with van der Waals surface area (Å²) in [4.78, 5) is 26.2. The van der Waals surface area contributed by atoms with Gasteiger partial charge >= 0.3 is 5.69 Å². The van der Waals surface area contributed by atoms with Crippen molar-refractivity contribution in [3.8, 4) is 0 Å². The average Bonchev–Trinajstić information content (AvgIpc) is 2.78. The summed E-state index contributed by atoms with van der Waals surface area (Å²) in [6.07, 6.45) is 0.135. The SMILES string of the molecule is C=CCOC(O)Cn1c(=O)c(C(c2ccccc2)c2ccccc2)c(N)n(C)c1=O. The normalized spacial score (nSPS) is 12.1. The first-order valence-electron chi connectivity index (χ1n) is 9.55. The molecule has 7 heteroatoms. The van der Waals surface area contributed by atoms with Crippen molar-refractivity contribution < 1.29 is 9.84 Å². The summed E-state index contributed by atoms with van der Waals surface area (Å²) < 4.78 is 7.32. The van der Waals surface area contributed by atoms with Gasteiger partial charge in [-0.3, -0.25) is 13.9 Å². The Morgan fingerprint density at radius 1 is 1.07 bits per heavy atom. The lowest BCUT2D eigenvalue weighted by Gasteiger charge is -2.23. The van der Waals surface area contributed by atoms with Crippen LogP contribution in [0.5, 0.6) is 0 Å². The molecule has 3 rings (SSSR count). The van der Waals surface area contributed by atoms with Gasteiger partial charge in [-0.1, -0.05) is 66.7 Å². The lowest BCUT2D eigenvalue weighted by Crippen LogP contribution is -2.45. The molecule has 1 heterocycles. The highest BCUT2D eigenvalue weighted by Crippen LogP contribution is 2.32. The predicted octanol–water partition coefficient (Wildman–Crippen LogP) is 1.83. The van der Waals surface area contributed by atoms with Crippen LogP contribution in [0.4, 0.5) is 5.82 Å². The molecule has 1 unspecified atom stereocenters. The van der Waals surface area contributed by atoms with Gasteiger partial charge in [-0.15, -0.1) is 6.58 Å². The second-order valence-corrected chi connectivity index (χ2v) is 6.89. The van der Waals surface area contributed by atoms with E-state index in [9.17, 15) is 14.7 Å². The summed E-state index contributed by atoms with van der Waals surface area (Å²) in [6.45, 7) is 3.29. The summed E-state index contributed by atoms with van der Waals surface area (Å²) in [6, 6.07) is 19.0. The molecule has 0 spiro atoms. The molecule has 2 aromatic carbocycles. The maximum Gasteiger partial charge on any atom is 0.332 e. The summed E-state index contributed by atoms with van der Waals surface area (Å²) in [7, 11) is 1.50. The number of hydrogen-bond acceptors (Lipinski definition) is 5. The van der Waals surface area contributed by atoms with E-state index in [0.29, 0.717) is 0 Å². The quantitative estimate of drug-likeness (QED) is 0.438. The predicted molar refractivity (Wildman–Crippen MR) is 116 cm³/mol. The average molecular weight is 407 g/mol. The Balaban J connectivity index is 2.23. The highest BCUT2D eigenvalue weighted by molar-refractivity contribution is 5.51. The van der Waals surface area contributed by atoms with E-state index >= 15 is 0 Å². The lowest BCUT2D eigenvalue weighted by atomic mass is 9.85. The van der Waals surface area contributed by atoms with Crippen LogP contribution in [0, 0.1) is 0 Å². The van der Waals surface area contributed by atoms with Gasteiger partial charge in [0.1, 0.15) is 5.82 Å². The Kier molecular flexibility index (Phi) is 6.66. The molecule has 3 aromatic rings. The number of aliphatic hydroxyl groups excluding tert-OH is 1. The first-order chi connectivity index (χ1) is 14.5. The van der Waals surface area contributed by atoms with Gasteiger partial charge in [0.15, 0.2) is 6.29 Å². The number of anilines is 1. The maximum absolute atomic E-state index is 13.4. The fraction of sp³-hybridized carbons (Fsp3) is 0.217. The monoisotopic (exact) mass is 407 g/mol. The third kappa shape index (κ3) is 4.27. The second kappa shape index (κ2) is 9.39. The molecule has 7 nitrogen and oxygen atoms in total. The standard InChI is InChI=1S/C23H25N3O4/c1-3-14-30-18(27)15-26-22(28)20(21(24)25(2)23(26)29)19(16-10-6-4-7-11-16)17-12-8-5-9-13-17/h3-13,18-19,27H,1,14-15,24H2,2H3. The number of hydrogen-bond donors (Lipinski definition) is 2. The fourth-order valence-electron chi connectivity index (χ4n) is 3.44. The molecule has 0 aliphatic rings. The van der Waals surface area contributed by atoms with Crippen LogP contribution < -0.4 is 17.0 Å². The minimum atomic E-state index is -1.34. The topological polar surface area (TPSA) is 99.5 Å². The summed E-state index contributed by atoms with van der Waals surface area (Å²) in [5.41, 5.74) is 7.09. The zero-order valence-electron chi connectivity index (χ0n) is 16.8. The van der Waals surface area contributed by atoms with Crippen LogP contribution in [0.1, 0.15) is 22.6 Å². The third-order valence-electron chi connectivity index (χ3n) is 4.93. The third-order valence-corrected chi connectivity index (χ3v) is 4.93. The number of nitrogens with zero attached hydrogens (tertiary/aromatic N) is 2. The highest BCUT2D eigenvalue weighted by Gasteiger charge is 2.27. The molecule has 0 amide bonds. The number of aliphatic hydroxyl groups is 1. The van der Waals surface area contributed by atoms with Crippen LogP contribution in [0.3, 0.4) is 0 Å². The van der Waals surface area contributed by atoms with Crippen molar-refractivity contribution in [3.63, 3.8) is 0 Å². The van der Waals surface area contributed by atoms with Gasteiger partial charge in [-0.05, 0) is 11.1 Å². The highest BCUT2D eigenvalue weighted by atomic mass is 16.6. The Morgan fingerprint density at radius 2 is 1.60 bits per heavy atom. The van der Waals surface area contributed by atoms with Crippen molar-refractivity contribution in [1.82, 2.24) is 9.13 Å². The first kappa shape index (κ1) is 21.3. The molecule has 1 atom stereocenters. The second-order valence-electron chi connectivity index (χ2n) is 6.89. The van der Waals surface area contributed by atoms with Crippen molar-refractivity contribution in [1.29, 1.82) is 0 Å². The number of nitrogen functional groups attached to an aromatic ring is 1. The Morgan fingerprint density at radius 3 is 2.10 bits per heavy atom. The van der Waals surface area contributed by atoms with Crippen molar-refractivity contribution in [2.24, 2.45) is 7.05 Å². The van der Waals surface area contributed by atoms with E-state index < -0.39 is 23.5 Å². The van der Waals surface area contributed by atoms with Crippen molar-refractivity contribution in [2.75, 3.05) is 12.3 Å². The maximum atomic E-state index is 13.4. The zero-order chi connectivity index (χ0) is 21.7. The Hall–Kier alpha value is -3.42. The number of aromatic nitrogens is 2. The van der Waals surface area contributed by atoms with E-state index in [2.05, 4.69) is 6.58 Å². The van der Waals surface area contributed by atoms with Gasteiger partial charge in [0, 0.05) is 13.0 Å². The minimum Gasteiger partial charge on any atom is -0.385 e. The van der Waals surface area contributed by atoms with Gasteiger partial charge in [0.2, 0.25) is 0 Å². The molecular weight excluding hydrogens is 382 g/mol. The smallest absolute Gasteiger partial charge is 0.332 e. The van der Waals surface area contributed by atoms with E-state index in [1.54, 1.807) is 0 Å². The minimum absolute atomic E-state index is 0.0838. The van der Waals surface area contributed by atoms with Gasteiger partial charge < -0.3 is 15.6 Å². The molecule has 0 saturated heterocycles. The molecule has 0 aliphatic carbocycles. The molecule has 156 valence electrons. The lowest BCUT2D eigenvalue weighted by molar-refractivity contribution is -0.0989. The van der Waals surface area contributed by atoms with E-state index in [-0.39, 0.29) is 24.5 Å². The molecule has 30 heavy (non-hydrogen) atoms. The van der Waals surface area contributed by atoms with Crippen LogP contribution in [0.25, 0.3) is 0 Å². The molecule has 0 bridgehead atoms. The number of rotatable bonds is 8. The van der Waals surface area contributed by atoms with Gasteiger partial charge in [-0.2, -0.15) is 0 Å². The molecule has 1 aromatic heterocycles. The summed E-state index contributed by atoms with van der Waals surface area (Å²) in [5.74, 6) is -0.398. The van der Waals surface area contributed by atoms with Crippen LogP contribution in [-0.2, 0) is 18.3 Å². The van der Waals surface area contributed by atoms with Gasteiger partial charge in [-0.25, -0.2) is 4.79 Å². The van der Waals surface area contributed by atoms with Crippen LogP contribution in [0.2, 0.25) is 0 Å². The Labute approximate surface area is 174 Å². The van der Waals surface area contributed by atoms with Crippen molar-refractivity contribution in [2.45, 2.75) is 18.8 Å². The molecule has 3 N–H and O–H groups in total. The largest absolute Gasteiger partial charge is 0.385 e. The molecule has 0 fully saturated rings. The van der Waals surface area contributed by atoms with Gasteiger partial charge in [0.25, 0.3) is 5.56 Å². The molecule has 0 radical (unpaired) electrons. The van der Waals surface area contributed by atoms with Crippen molar-refractivity contribution >= 4 is 5.82 Å². The van der Waals surface area contributed by atoms with E-state index in [4.69, 9.17) is 10.5 Å². The van der Waals surface area contributed by atoms with E-state index in [1.807, 2.05) is 60.7 Å². The number of nitrogens with two attached hydrogens (primary N) is 1. The van der Waals surface area contributed by atoms with Crippen LogP contribution in [-0.4, -0.2) is 27.1 Å². The fourth-order valence-corrected chi connectivity index (χ4v) is 3.44. The van der Waals surface area contributed by atoms with Gasteiger partial charge in [0.05, 0.1) is 18.7 Å². The van der Waals surface area contributed by atoms with E-state index in [1.165, 1.54) is 17.7 Å². The molecule has 0 saturated carbocycles. The summed E-state index contributed by atoms with van der Waals surface area (Å²) in [5, 5.41) is 10.1. The van der Waals surface area contributed by atoms with Crippen molar-refractivity contribution in [3.05, 3.63) is 111 Å².